The summed E-state index contributed by atoms with van der Waals surface area (Å²) >= 11 is 0. The molecule has 6 heteroatoms. The Morgan fingerprint density at radius 2 is 1.91 bits per heavy atom. The highest BCUT2D eigenvalue weighted by molar-refractivity contribution is 5.97. The molecule has 1 N–H and O–H groups in total. The molecule has 0 aliphatic heterocycles. The number of benzene rings is 1. The fraction of sp³-hybridized carbons (Fsp3) is 0.250. The number of aromatic nitrogens is 3. The normalized spacial score (nSPS) is 12.0. The van der Waals surface area contributed by atoms with Crippen LogP contribution in [0.1, 0.15) is 24.2 Å². The Bertz CT molecular complexity index is 716. The van der Waals surface area contributed by atoms with Gasteiger partial charge in [0.2, 0.25) is 0 Å². The maximum absolute atomic E-state index is 11.6. The van der Waals surface area contributed by atoms with Gasteiger partial charge in [-0.2, -0.15) is 0 Å². The molecule has 0 aliphatic carbocycles. The van der Waals surface area contributed by atoms with E-state index in [0.717, 1.165) is 5.56 Å². The number of aliphatic hydroxyl groups excluding tert-OH is 1. The van der Waals surface area contributed by atoms with Gasteiger partial charge in [0, 0.05) is 11.1 Å². The predicted octanol–water partition coefficient (Wildman–Crippen LogP) is 1.65. The summed E-state index contributed by atoms with van der Waals surface area (Å²) < 4.78 is 1.40. The van der Waals surface area contributed by atoms with Crippen molar-refractivity contribution in [2.45, 2.75) is 26.5 Å². The number of hydrogen-bond acceptors (Lipinski definition) is 5. The summed E-state index contributed by atoms with van der Waals surface area (Å²) in [4.78, 5) is 22.8. The summed E-state index contributed by atoms with van der Waals surface area (Å²) in [6.45, 7) is 6.58. The van der Waals surface area contributed by atoms with Crippen molar-refractivity contribution in [2.75, 3.05) is 0 Å². The minimum Gasteiger partial charge on any atom is -0.383 e. The fourth-order valence-electron chi connectivity index (χ4n) is 1.94. The van der Waals surface area contributed by atoms with Gasteiger partial charge in [-0.1, -0.05) is 36.1 Å². The van der Waals surface area contributed by atoms with Gasteiger partial charge in [-0.3, -0.25) is 9.59 Å². The van der Waals surface area contributed by atoms with Gasteiger partial charge in [-0.25, -0.2) is 4.68 Å². The Kier molecular flexibility index (Phi) is 4.62. The number of hydrogen-bond donors (Lipinski definition) is 1. The minimum atomic E-state index is -1.19. The van der Waals surface area contributed by atoms with Crippen LogP contribution in [0.25, 0.3) is 11.3 Å². The highest BCUT2D eigenvalue weighted by Crippen LogP contribution is 2.17. The van der Waals surface area contributed by atoms with Crippen molar-refractivity contribution in [3.05, 3.63) is 48.2 Å². The molecule has 2 rings (SSSR count). The summed E-state index contributed by atoms with van der Waals surface area (Å²) in [5.74, 6) is -0.417. The molecule has 1 aromatic carbocycles. The summed E-state index contributed by atoms with van der Waals surface area (Å²) in [5, 5.41) is 17.7. The van der Waals surface area contributed by atoms with E-state index in [-0.39, 0.29) is 12.3 Å². The van der Waals surface area contributed by atoms with Gasteiger partial charge in [0.05, 0.1) is 12.7 Å². The lowest BCUT2D eigenvalue weighted by Crippen LogP contribution is -2.26. The zero-order valence-corrected chi connectivity index (χ0v) is 12.5. The highest BCUT2D eigenvalue weighted by Gasteiger charge is 2.17. The Hall–Kier alpha value is -2.60. The molecule has 0 amide bonds. The summed E-state index contributed by atoms with van der Waals surface area (Å²) in [7, 11) is 0. The third kappa shape index (κ3) is 3.53. The van der Waals surface area contributed by atoms with Crippen LogP contribution in [0.15, 0.2) is 42.6 Å². The third-order valence-electron chi connectivity index (χ3n) is 3.21. The molecule has 114 valence electrons. The van der Waals surface area contributed by atoms with E-state index in [1.165, 1.54) is 11.6 Å². The lowest BCUT2D eigenvalue weighted by Gasteiger charge is -2.08. The van der Waals surface area contributed by atoms with E-state index in [0.29, 0.717) is 16.8 Å². The maximum Gasteiger partial charge on any atom is 0.188 e. The number of aliphatic hydroxyl groups is 1. The first-order valence-corrected chi connectivity index (χ1v) is 6.77. The molecule has 22 heavy (non-hydrogen) atoms. The van der Waals surface area contributed by atoms with Gasteiger partial charge in [-0.05, 0) is 19.4 Å². The number of nitrogens with zero attached hydrogens (tertiary/aromatic N) is 3. The second-order valence-electron chi connectivity index (χ2n) is 5.12. The fourth-order valence-corrected chi connectivity index (χ4v) is 1.94. The lowest BCUT2D eigenvalue weighted by molar-refractivity contribution is -0.123. The van der Waals surface area contributed by atoms with Crippen molar-refractivity contribution in [1.82, 2.24) is 15.0 Å². The van der Waals surface area contributed by atoms with E-state index in [9.17, 15) is 14.7 Å². The molecular weight excluding hydrogens is 282 g/mol. The van der Waals surface area contributed by atoms with E-state index in [1.54, 1.807) is 37.4 Å². The summed E-state index contributed by atoms with van der Waals surface area (Å²) in [5.41, 5.74) is 2.33. The van der Waals surface area contributed by atoms with Crippen molar-refractivity contribution < 1.29 is 14.7 Å². The molecule has 0 fully saturated rings. The van der Waals surface area contributed by atoms with Gasteiger partial charge >= 0.3 is 0 Å². The first-order valence-electron chi connectivity index (χ1n) is 6.77. The monoisotopic (exact) mass is 299 g/mol. The van der Waals surface area contributed by atoms with Crippen molar-refractivity contribution in [3.63, 3.8) is 0 Å². The predicted molar refractivity (Wildman–Crippen MR) is 81.3 cm³/mol. The topological polar surface area (TPSA) is 85.1 Å². The third-order valence-corrected chi connectivity index (χ3v) is 3.21. The second-order valence-corrected chi connectivity index (χ2v) is 5.12. The summed E-state index contributed by atoms with van der Waals surface area (Å²) in [6.07, 6.45) is 0.449. The zero-order chi connectivity index (χ0) is 16.3. The smallest absolute Gasteiger partial charge is 0.188 e. The van der Waals surface area contributed by atoms with E-state index in [2.05, 4.69) is 16.9 Å². The Morgan fingerprint density at radius 3 is 2.45 bits per heavy atom. The molecule has 6 nitrogen and oxygen atoms in total. The van der Waals surface area contributed by atoms with Crippen LogP contribution in [0.2, 0.25) is 0 Å². The van der Waals surface area contributed by atoms with Crippen LogP contribution >= 0.6 is 0 Å². The van der Waals surface area contributed by atoms with Crippen LogP contribution in [0.4, 0.5) is 0 Å². The van der Waals surface area contributed by atoms with Crippen LogP contribution in [-0.4, -0.2) is 37.8 Å². The molecule has 0 saturated carbocycles. The van der Waals surface area contributed by atoms with E-state index >= 15 is 0 Å². The van der Waals surface area contributed by atoms with Gasteiger partial charge in [0.1, 0.15) is 11.8 Å². The Labute approximate surface area is 128 Å². The van der Waals surface area contributed by atoms with E-state index < -0.39 is 11.9 Å². The number of Topliss-reactive ketones (excluding diaryl/α,β-unsaturated/α-hetero) is 2. The molecule has 0 spiro atoms. The quantitative estimate of drug-likeness (QED) is 0.647. The summed E-state index contributed by atoms with van der Waals surface area (Å²) in [6, 6.07) is 6.99. The second kappa shape index (κ2) is 6.44. The van der Waals surface area contributed by atoms with E-state index in [4.69, 9.17) is 0 Å². The average molecular weight is 299 g/mol. The average Bonchev–Trinajstić information content (AvgIpc) is 2.94. The van der Waals surface area contributed by atoms with Gasteiger partial charge in [0.15, 0.2) is 11.6 Å². The molecule has 0 aliphatic rings. The zero-order valence-electron chi connectivity index (χ0n) is 12.5. The molecule has 2 aromatic rings. The van der Waals surface area contributed by atoms with Gasteiger partial charge < -0.3 is 5.11 Å². The largest absolute Gasteiger partial charge is 0.383 e. The first kappa shape index (κ1) is 15.8. The Morgan fingerprint density at radius 1 is 1.27 bits per heavy atom. The van der Waals surface area contributed by atoms with Crippen LogP contribution in [0.5, 0.6) is 0 Å². The van der Waals surface area contributed by atoms with Crippen LogP contribution in [0.3, 0.4) is 0 Å². The van der Waals surface area contributed by atoms with Crippen molar-refractivity contribution in [2.24, 2.45) is 0 Å². The molecule has 1 atom stereocenters. The number of carbonyl (C=O) groups excluding carboxylic acids is 2. The molecule has 0 saturated heterocycles. The molecule has 0 bridgehead atoms. The van der Waals surface area contributed by atoms with Crippen molar-refractivity contribution in [1.29, 1.82) is 0 Å². The number of ketones is 2. The SMILES string of the molecule is C=C(C)C(=O)C(O)Cn1cc(-c2ccc(C(C)=O)cc2)nn1. The standard InChI is InChI=1S/C16H17N3O3/c1-10(2)16(22)15(21)9-19-8-14(17-18-19)13-6-4-12(5-7-13)11(3)20/h4-8,15,21H,1,9H2,2-3H3. The highest BCUT2D eigenvalue weighted by atomic mass is 16.3. The first-order chi connectivity index (χ1) is 10.4. The van der Waals surface area contributed by atoms with Crippen LogP contribution in [0, 0.1) is 0 Å². The van der Waals surface area contributed by atoms with Gasteiger partial charge in [0.25, 0.3) is 0 Å². The number of rotatable bonds is 6. The molecule has 1 aromatic heterocycles. The molecule has 1 heterocycles. The molecule has 1 unspecified atom stereocenters. The molecular formula is C16H17N3O3. The molecule has 0 radical (unpaired) electrons. The van der Waals surface area contributed by atoms with Crippen molar-refractivity contribution in [3.8, 4) is 11.3 Å². The van der Waals surface area contributed by atoms with Crippen LogP contribution in [-0.2, 0) is 11.3 Å². The van der Waals surface area contributed by atoms with Gasteiger partial charge in [-0.15, -0.1) is 5.10 Å². The van der Waals surface area contributed by atoms with Crippen molar-refractivity contribution >= 4 is 11.6 Å². The maximum atomic E-state index is 11.6. The minimum absolute atomic E-state index is 0.00312. The lowest BCUT2D eigenvalue weighted by atomic mass is 10.1. The number of carbonyl (C=O) groups is 2. The Balaban J connectivity index is 2.12. The van der Waals surface area contributed by atoms with Crippen LogP contribution < -0.4 is 0 Å². The van der Waals surface area contributed by atoms with E-state index in [1.807, 2.05) is 0 Å².